The van der Waals surface area contributed by atoms with Crippen molar-refractivity contribution in [3.63, 3.8) is 0 Å². The summed E-state index contributed by atoms with van der Waals surface area (Å²) in [6, 6.07) is 4.08. The molecular formula is C15H14F3N3O2S. The van der Waals surface area contributed by atoms with Gasteiger partial charge in [-0.3, -0.25) is 14.7 Å². The zero-order chi connectivity index (χ0) is 17.3. The Morgan fingerprint density at radius 2 is 2.04 bits per heavy atom. The van der Waals surface area contributed by atoms with Gasteiger partial charge in [-0.1, -0.05) is 0 Å². The van der Waals surface area contributed by atoms with Crippen molar-refractivity contribution >= 4 is 23.0 Å². The van der Waals surface area contributed by atoms with Crippen LogP contribution in [0.5, 0.6) is 0 Å². The molecule has 3 rings (SSSR count). The molecule has 9 heteroatoms. The fourth-order valence-corrected chi connectivity index (χ4v) is 3.44. The standard InChI is InChI=1S/C15H14F3N3O2S/c16-15(17,18)13-8-10(19-20-13)11-3-4-12(24-11)14(23)21-6-1-2-9(22)5-7-21/h3-4,8H,1-2,5-7H2,(H,19,20). The number of Topliss-reactive ketones (excluding diaryl/α,β-unsaturated/α-hetero) is 1. The second-order valence-corrected chi connectivity index (χ2v) is 6.60. The number of thiophene rings is 1. The molecule has 0 atom stereocenters. The highest BCUT2D eigenvalue weighted by molar-refractivity contribution is 7.17. The molecule has 1 aliphatic heterocycles. The lowest BCUT2D eigenvalue weighted by molar-refractivity contribution is -0.141. The number of likely N-dealkylation sites (tertiary alicyclic amines) is 1. The van der Waals surface area contributed by atoms with Crippen molar-refractivity contribution in [3.05, 3.63) is 28.8 Å². The van der Waals surface area contributed by atoms with Crippen molar-refractivity contribution in [2.75, 3.05) is 13.1 Å². The first-order valence-corrected chi connectivity index (χ1v) is 8.20. The third-order valence-corrected chi connectivity index (χ3v) is 4.88. The van der Waals surface area contributed by atoms with Gasteiger partial charge in [0.1, 0.15) is 17.2 Å². The monoisotopic (exact) mass is 357 g/mol. The Hall–Kier alpha value is -2.16. The van der Waals surface area contributed by atoms with E-state index >= 15 is 0 Å². The lowest BCUT2D eigenvalue weighted by Gasteiger charge is -2.18. The number of H-pyrrole nitrogens is 1. The van der Waals surface area contributed by atoms with Gasteiger partial charge in [0.15, 0.2) is 0 Å². The molecule has 1 aliphatic rings. The average molecular weight is 357 g/mol. The zero-order valence-electron chi connectivity index (χ0n) is 12.5. The largest absolute Gasteiger partial charge is 0.432 e. The Kier molecular flexibility index (Phi) is 4.44. The molecule has 2 aromatic rings. The molecule has 2 aromatic heterocycles. The first-order valence-electron chi connectivity index (χ1n) is 7.38. The molecule has 0 aromatic carbocycles. The molecule has 5 nitrogen and oxygen atoms in total. The third kappa shape index (κ3) is 3.50. The molecule has 1 amide bonds. The van der Waals surface area contributed by atoms with Crippen molar-refractivity contribution in [1.29, 1.82) is 0 Å². The van der Waals surface area contributed by atoms with Crippen LogP contribution in [0.15, 0.2) is 18.2 Å². The van der Waals surface area contributed by atoms with E-state index < -0.39 is 11.9 Å². The van der Waals surface area contributed by atoms with E-state index in [9.17, 15) is 22.8 Å². The van der Waals surface area contributed by atoms with Crippen molar-refractivity contribution in [1.82, 2.24) is 15.1 Å². The predicted molar refractivity (Wildman–Crippen MR) is 81.7 cm³/mol. The van der Waals surface area contributed by atoms with Gasteiger partial charge < -0.3 is 4.90 Å². The van der Waals surface area contributed by atoms with E-state index in [1.165, 1.54) is 0 Å². The number of aromatic nitrogens is 2. The Bertz CT molecular complexity index is 766. The summed E-state index contributed by atoms with van der Waals surface area (Å²) < 4.78 is 37.8. The van der Waals surface area contributed by atoms with Crippen molar-refractivity contribution in [3.8, 4) is 10.6 Å². The lowest BCUT2D eigenvalue weighted by atomic mass is 10.2. The van der Waals surface area contributed by atoms with Crippen LogP contribution in [0.25, 0.3) is 10.6 Å². The van der Waals surface area contributed by atoms with Gasteiger partial charge in [-0.25, -0.2) is 0 Å². The van der Waals surface area contributed by atoms with Crippen LogP contribution in [0.1, 0.15) is 34.6 Å². The maximum atomic E-state index is 12.6. The van der Waals surface area contributed by atoms with Gasteiger partial charge in [0.2, 0.25) is 0 Å². The number of ketones is 1. The predicted octanol–water partition coefficient (Wildman–Crippen LogP) is 3.35. The molecule has 128 valence electrons. The number of carbonyl (C=O) groups excluding carboxylic acids is 2. The Balaban J connectivity index is 1.76. The third-order valence-electron chi connectivity index (χ3n) is 3.78. The molecular weight excluding hydrogens is 343 g/mol. The maximum Gasteiger partial charge on any atom is 0.432 e. The second-order valence-electron chi connectivity index (χ2n) is 5.51. The van der Waals surface area contributed by atoms with Crippen LogP contribution in [-0.2, 0) is 11.0 Å². The van der Waals surface area contributed by atoms with Gasteiger partial charge in [0.05, 0.1) is 9.75 Å². The number of hydrogen-bond acceptors (Lipinski definition) is 4. The number of carbonyl (C=O) groups is 2. The minimum atomic E-state index is -4.49. The van der Waals surface area contributed by atoms with E-state index in [0.29, 0.717) is 42.1 Å². The summed E-state index contributed by atoms with van der Waals surface area (Å²) >= 11 is 1.09. The SMILES string of the molecule is O=C1CCCN(C(=O)c2ccc(-c3cc(C(F)(F)F)[nH]n3)s2)CC1. The summed E-state index contributed by atoms with van der Waals surface area (Å²) in [5.74, 6) is -0.0547. The van der Waals surface area contributed by atoms with Crippen molar-refractivity contribution in [2.45, 2.75) is 25.4 Å². The first kappa shape index (κ1) is 16.7. The molecule has 0 unspecified atom stereocenters. The van der Waals surface area contributed by atoms with Crippen molar-refractivity contribution in [2.24, 2.45) is 0 Å². The van der Waals surface area contributed by atoms with E-state index in [0.717, 1.165) is 17.4 Å². The molecule has 0 saturated carbocycles. The van der Waals surface area contributed by atoms with E-state index in [2.05, 4.69) is 5.10 Å². The summed E-state index contributed by atoms with van der Waals surface area (Å²) in [5.41, 5.74) is -0.776. The minimum Gasteiger partial charge on any atom is -0.337 e. The average Bonchev–Trinajstić information content (AvgIpc) is 3.13. The van der Waals surface area contributed by atoms with Gasteiger partial charge in [-0.05, 0) is 24.6 Å². The van der Waals surface area contributed by atoms with Crippen LogP contribution in [0.3, 0.4) is 0 Å². The number of rotatable bonds is 2. The van der Waals surface area contributed by atoms with Gasteiger partial charge in [0.25, 0.3) is 5.91 Å². The normalized spacial score (nSPS) is 16.3. The zero-order valence-corrected chi connectivity index (χ0v) is 13.3. The topological polar surface area (TPSA) is 66.1 Å². The number of aromatic amines is 1. The van der Waals surface area contributed by atoms with Gasteiger partial charge in [-0.15, -0.1) is 11.3 Å². The quantitative estimate of drug-likeness (QED) is 0.896. The van der Waals surface area contributed by atoms with Crippen LogP contribution in [0, 0.1) is 0 Å². The first-order chi connectivity index (χ1) is 11.3. The Morgan fingerprint density at radius 1 is 1.25 bits per heavy atom. The minimum absolute atomic E-state index is 0.147. The molecule has 1 N–H and O–H groups in total. The van der Waals surface area contributed by atoms with E-state index in [1.54, 1.807) is 17.0 Å². The van der Waals surface area contributed by atoms with E-state index in [1.807, 2.05) is 5.10 Å². The number of amides is 1. The second kappa shape index (κ2) is 6.39. The summed E-state index contributed by atoms with van der Waals surface area (Å²) in [7, 11) is 0. The van der Waals surface area contributed by atoms with Crippen LogP contribution >= 0.6 is 11.3 Å². The molecule has 0 bridgehead atoms. The summed E-state index contributed by atoms with van der Waals surface area (Å²) in [5, 5.41) is 5.62. The van der Waals surface area contributed by atoms with E-state index in [-0.39, 0.29) is 17.4 Å². The molecule has 24 heavy (non-hydrogen) atoms. The number of alkyl halides is 3. The number of hydrogen-bond donors (Lipinski definition) is 1. The highest BCUT2D eigenvalue weighted by Gasteiger charge is 2.33. The highest BCUT2D eigenvalue weighted by atomic mass is 32.1. The Labute approximate surface area is 139 Å². The smallest absolute Gasteiger partial charge is 0.337 e. The van der Waals surface area contributed by atoms with Gasteiger partial charge >= 0.3 is 6.18 Å². The molecule has 3 heterocycles. The lowest BCUT2D eigenvalue weighted by Crippen LogP contribution is -2.31. The molecule has 0 spiro atoms. The van der Waals surface area contributed by atoms with Crippen LogP contribution in [0.2, 0.25) is 0 Å². The molecule has 0 radical (unpaired) electrons. The van der Waals surface area contributed by atoms with Crippen LogP contribution in [-0.4, -0.2) is 39.9 Å². The molecule has 0 aliphatic carbocycles. The molecule has 1 fully saturated rings. The maximum absolute atomic E-state index is 12.6. The summed E-state index contributed by atoms with van der Waals surface area (Å²) in [6.45, 7) is 0.893. The van der Waals surface area contributed by atoms with Crippen LogP contribution < -0.4 is 0 Å². The number of halogens is 3. The highest BCUT2D eigenvalue weighted by Crippen LogP contribution is 2.33. The summed E-state index contributed by atoms with van der Waals surface area (Å²) in [4.78, 5) is 26.4. The Morgan fingerprint density at radius 3 is 2.75 bits per heavy atom. The van der Waals surface area contributed by atoms with Crippen LogP contribution in [0.4, 0.5) is 13.2 Å². The fourth-order valence-electron chi connectivity index (χ4n) is 2.51. The number of nitrogens with one attached hydrogen (secondary N) is 1. The van der Waals surface area contributed by atoms with Gasteiger partial charge in [0, 0.05) is 25.9 Å². The fraction of sp³-hybridized carbons (Fsp3) is 0.400. The summed E-state index contributed by atoms with van der Waals surface area (Å²) in [6.07, 6.45) is -3.03. The van der Waals surface area contributed by atoms with Crippen molar-refractivity contribution < 1.29 is 22.8 Å². The van der Waals surface area contributed by atoms with Gasteiger partial charge in [-0.2, -0.15) is 18.3 Å². The van der Waals surface area contributed by atoms with E-state index in [4.69, 9.17) is 0 Å². The number of nitrogens with zero attached hydrogens (tertiary/aromatic N) is 2. The molecule has 1 saturated heterocycles.